The SMILES string of the molecule is CCCc1ccc(-c2csc(NC(=O)c3cccc(C)c3C)n2)cc1. The highest BCUT2D eigenvalue weighted by molar-refractivity contribution is 7.14. The molecule has 1 amide bonds. The van der Waals surface area contributed by atoms with Crippen LogP contribution in [-0.2, 0) is 6.42 Å². The molecular formula is C21H22N2OS. The highest BCUT2D eigenvalue weighted by Gasteiger charge is 2.13. The molecule has 1 heterocycles. The second-order valence-electron chi connectivity index (χ2n) is 6.19. The monoisotopic (exact) mass is 350 g/mol. The minimum absolute atomic E-state index is 0.111. The Balaban J connectivity index is 1.75. The molecule has 1 N–H and O–H groups in total. The van der Waals surface area contributed by atoms with Crippen molar-refractivity contribution >= 4 is 22.4 Å². The van der Waals surface area contributed by atoms with Crippen molar-refractivity contribution in [2.24, 2.45) is 0 Å². The van der Waals surface area contributed by atoms with Crippen molar-refractivity contribution in [3.63, 3.8) is 0 Å². The van der Waals surface area contributed by atoms with E-state index in [1.54, 1.807) is 0 Å². The molecule has 0 aliphatic heterocycles. The molecule has 0 fully saturated rings. The van der Waals surface area contributed by atoms with Crippen molar-refractivity contribution in [3.05, 3.63) is 70.1 Å². The second kappa shape index (κ2) is 7.62. The fourth-order valence-corrected chi connectivity index (χ4v) is 3.47. The number of anilines is 1. The molecule has 0 aliphatic carbocycles. The topological polar surface area (TPSA) is 42.0 Å². The quantitative estimate of drug-likeness (QED) is 0.648. The molecule has 0 atom stereocenters. The van der Waals surface area contributed by atoms with Crippen LogP contribution in [0.2, 0.25) is 0 Å². The van der Waals surface area contributed by atoms with Crippen LogP contribution in [0.25, 0.3) is 11.3 Å². The number of benzene rings is 2. The van der Waals surface area contributed by atoms with Gasteiger partial charge in [0.05, 0.1) is 5.69 Å². The maximum atomic E-state index is 12.5. The molecule has 3 nitrogen and oxygen atoms in total. The highest BCUT2D eigenvalue weighted by atomic mass is 32.1. The summed E-state index contributed by atoms with van der Waals surface area (Å²) in [5.74, 6) is -0.111. The Kier molecular flexibility index (Phi) is 5.29. The number of aromatic nitrogens is 1. The number of amides is 1. The van der Waals surface area contributed by atoms with Crippen molar-refractivity contribution < 1.29 is 4.79 Å². The molecule has 2 aromatic carbocycles. The van der Waals surface area contributed by atoms with E-state index in [9.17, 15) is 4.79 Å². The average Bonchev–Trinajstić information content (AvgIpc) is 3.06. The largest absolute Gasteiger partial charge is 0.298 e. The van der Waals surface area contributed by atoms with Gasteiger partial charge in [-0.05, 0) is 43.0 Å². The Morgan fingerprint density at radius 2 is 1.88 bits per heavy atom. The summed E-state index contributed by atoms with van der Waals surface area (Å²) >= 11 is 1.45. The third-order valence-electron chi connectivity index (χ3n) is 4.36. The van der Waals surface area contributed by atoms with Gasteiger partial charge in [-0.3, -0.25) is 10.1 Å². The van der Waals surface area contributed by atoms with Crippen molar-refractivity contribution in [3.8, 4) is 11.3 Å². The van der Waals surface area contributed by atoms with Gasteiger partial charge in [-0.2, -0.15) is 0 Å². The van der Waals surface area contributed by atoms with E-state index in [4.69, 9.17) is 0 Å². The average molecular weight is 350 g/mol. The number of hydrogen-bond donors (Lipinski definition) is 1. The van der Waals surface area contributed by atoms with Gasteiger partial charge in [-0.1, -0.05) is 49.7 Å². The van der Waals surface area contributed by atoms with Crippen LogP contribution < -0.4 is 5.32 Å². The molecule has 3 rings (SSSR count). The fraction of sp³-hybridized carbons (Fsp3) is 0.238. The van der Waals surface area contributed by atoms with Gasteiger partial charge in [0.15, 0.2) is 5.13 Å². The molecule has 4 heteroatoms. The van der Waals surface area contributed by atoms with Crippen molar-refractivity contribution in [2.75, 3.05) is 5.32 Å². The standard InChI is InChI=1S/C21H22N2OS/c1-4-6-16-9-11-17(12-10-16)19-13-25-21(22-19)23-20(24)18-8-5-7-14(2)15(18)3/h5,7-13H,4,6H2,1-3H3,(H,22,23,24). The normalized spacial score (nSPS) is 10.7. The van der Waals surface area contributed by atoms with E-state index in [-0.39, 0.29) is 5.91 Å². The zero-order chi connectivity index (χ0) is 17.8. The van der Waals surface area contributed by atoms with E-state index >= 15 is 0 Å². The first-order valence-corrected chi connectivity index (χ1v) is 9.39. The molecule has 25 heavy (non-hydrogen) atoms. The Bertz CT molecular complexity index is 881. The summed E-state index contributed by atoms with van der Waals surface area (Å²) in [6.45, 7) is 6.16. The van der Waals surface area contributed by atoms with Crippen molar-refractivity contribution in [1.29, 1.82) is 0 Å². The first-order valence-electron chi connectivity index (χ1n) is 8.51. The van der Waals surface area contributed by atoms with Crippen LogP contribution in [0.15, 0.2) is 47.8 Å². The van der Waals surface area contributed by atoms with Crippen LogP contribution in [0.3, 0.4) is 0 Å². The van der Waals surface area contributed by atoms with Crippen molar-refractivity contribution in [2.45, 2.75) is 33.6 Å². The predicted octanol–water partition coefficient (Wildman–Crippen LogP) is 5.63. The first kappa shape index (κ1) is 17.4. The minimum atomic E-state index is -0.111. The third kappa shape index (κ3) is 3.97. The molecule has 1 aromatic heterocycles. The van der Waals surface area contributed by atoms with E-state index in [1.807, 2.05) is 37.4 Å². The summed E-state index contributed by atoms with van der Waals surface area (Å²) in [5, 5.41) is 5.52. The smallest absolute Gasteiger partial charge is 0.257 e. The summed E-state index contributed by atoms with van der Waals surface area (Å²) < 4.78 is 0. The zero-order valence-electron chi connectivity index (χ0n) is 14.8. The molecule has 0 saturated carbocycles. The van der Waals surface area contributed by atoms with Crippen LogP contribution in [0.4, 0.5) is 5.13 Å². The maximum absolute atomic E-state index is 12.5. The van der Waals surface area contributed by atoms with E-state index in [2.05, 4.69) is 41.5 Å². The van der Waals surface area contributed by atoms with Gasteiger partial charge in [-0.25, -0.2) is 4.98 Å². The zero-order valence-corrected chi connectivity index (χ0v) is 15.6. The number of aryl methyl sites for hydroxylation is 2. The Hall–Kier alpha value is -2.46. The highest BCUT2D eigenvalue weighted by Crippen LogP contribution is 2.26. The number of carbonyl (C=O) groups is 1. The second-order valence-corrected chi connectivity index (χ2v) is 7.04. The Morgan fingerprint density at radius 1 is 1.12 bits per heavy atom. The number of hydrogen-bond acceptors (Lipinski definition) is 3. The lowest BCUT2D eigenvalue weighted by Gasteiger charge is -2.07. The molecule has 0 bridgehead atoms. The molecule has 0 unspecified atom stereocenters. The van der Waals surface area contributed by atoms with E-state index < -0.39 is 0 Å². The van der Waals surface area contributed by atoms with Gasteiger partial charge in [0.25, 0.3) is 5.91 Å². The minimum Gasteiger partial charge on any atom is -0.298 e. The predicted molar refractivity (Wildman–Crippen MR) is 105 cm³/mol. The number of nitrogens with one attached hydrogen (secondary N) is 1. The Labute approximate surface area is 152 Å². The number of carbonyl (C=O) groups excluding carboxylic acids is 1. The van der Waals surface area contributed by atoms with E-state index in [1.165, 1.54) is 16.9 Å². The molecule has 0 spiro atoms. The van der Waals surface area contributed by atoms with E-state index in [0.29, 0.717) is 10.7 Å². The third-order valence-corrected chi connectivity index (χ3v) is 5.12. The number of rotatable bonds is 5. The molecule has 0 radical (unpaired) electrons. The van der Waals surface area contributed by atoms with E-state index in [0.717, 1.165) is 35.2 Å². The molecule has 0 aliphatic rings. The lowest BCUT2D eigenvalue weighted by Crippen LogP contribution is -2.13. The van der Waals surface area contributed by atoms with Crippen LogP contribution >= 0.6 is 11.3 Å². The molecule has 3 aromatic rings. The van der Waals surface area contributed by atoms with Gasteiger partial charge < -0.3 is 0 Å². The summed E-state index contributed by atoms with van der Waals surface area (Å²) in [6, 6.07) is 14.2. The lowest BCUT2D eigenvalue weighted by atomic mass is 10.0. The Morgan fingerprint density at radius 3 is 2.60 bits per heavy atom. The van der Waals surface area contributed by atoms with Crippen LogP contribution in [0.5, 0.6) is 0 Å². The summed E-state index contributed by atoms with van der Waals surface area (Å²) in [5.41, 5.74) is 6.11. The van der Waals surface area contributed by atoms with Crippen LogP contribution in [-0.4, -0.2) is 10.9 Å². The fourth-order valence-electron chi connectivity index (χ4n) is 2.76. The molecule has 128 valence electrons. The van der Waals surface area contributed by atoms with Gasteiger partial charge in [0.1, 0.15) is 0 Å². The van der Waals surface area contributed by atoms with Crippen molar-refractivity contribution in [1.82, 2.24) is 4.98 Å². The first-order chi connectivity index (χ1) is 12.1. The number of nitrogens with zero attached hydrogens (tertiary/aromatic N) is 1. The van der Waals surface area contributed by atoms with Gasteiger partial charge in [-0.15, -0.1) is 11.3 Å². The van der Waals surface area contributed by atoms with Gasteiger partial charge >= 0.3 is 0 Å². The molecular weight excluding hydrogens is 328 g/mol. The lowest BCUT2D eigenvalue weighted by molar-refractivity contribution is 0.102. The maximum Gasteiger partial charge on any atom is 0.257 e. The molecule has 0 saturated heterocycles. The summed E-state index contributed by atoms with van der Waals surface area (Å²) in [4.78, 5) is 17.1. The van der Waals surface area contributed by atoms with Gasteiger partial charge in [0.2, 0.25) is 0 Å². The summed E-state index contributed by atoms with van der Waals surface area (Å²) in [7, 11) is 0. The number of thiazole rings is 1. The summed E-state index contributed by atoms with van der Waals surface area (Å²) in [6.07, 6.45) is 2.24. The van der Waals surface area contributed by atoms with Gasteiger partial charge in [0, 0.05) is 16.5 Å². The van der Waals surface area contributed by atoms with Crippen LogP contribution in [0.1, 0.15) is 40.4 Å². The van der Waals surface area contributed by atoms with Crippen LogP contribution in [0, 0.1) is 13.8 Å².